The van der Waals surface area contributed by atoms with E-state index < -0.39 is 26.0 Å². The van der Waals surface area contributed by atoms with E-state index in [0.717, 1.165) is 29.8 Å². The lowest BCUT2D eigenvalue weighted by Crippen LogP contribution is -2.36. The number of likely N-dealkylation sites (N-methyl/N-ethyl adjacent to an activating group) is 1. The van der Waals surface area contributed by atoms with E-state index >= 15 is 0 Å². The van der Waals surface area contributed by atoms with Crippen molar-refractivity contribution in [1.29, 1.82) is 0 Å². The third kappa shape index (κ3) is 6.63. The van der Waals surface area contributed by atoms with Gasteiger partial charge in [0.25, 0.3) is 0 Å². The summed E-state index contributed by atoms with van der Waals surface area (Å²) in [7, 11) is -4.14. The molecule has 182 valence electrons. The highest BCUT2D eigenvalue weighted by molar-refractivity contribution is 7.89. The molecule has 3 aromatic carbocycles. The van der Waals surface area contributed by atoms with Crippen LogP contribution in [0.4, 0.5) is 4.39 Å². The SMILES string of the molecule is Cc1ccc(S(=O)(=O)N(CCN(C)C)Cc2ccc(OS(=O)(=O)c3ccc(F)cc3)cc2)cc1. The van der Waals surface area contributed by atoms with Crippen molar-refractivity contribution >= 4 is 20.1 Å². The lowest BCUT2D eigenvalue weighted by atomic mass is 10.2. The van der Waals surface area contributed by atoms with Crippen molar-refractivity contribution in [3.8, 4) is 5.75 Å². The summed E-state index contributed by atoms with van der Waals surface area (Å²) in [5.41, 5.74) is 1.63. The molecule has 3 rings (SSSR count). The van der Waals surface area contributed by atoms with Gasteiger partial charge in [-0.2, -0.15) is 12.7 Å². The molecule has 0 aromatic heterocycles. The molecule has 34 heavy (non-hydrogen) atoms. The molecule has 0 amide bonds. The number of sulfonamides is 1. The molecule has 0 aliphatic heterocycles. The van der Waals surface area contributed by atoms with Crippen molar-refractivity contribution in [3.63, 3.8) is 0 Å². The maximum absolute atomic E-state index is 13.3. The Morgan fingerprint density at radius 2 is 1.32 bits per heavy atom. The molecule has 0 atom stereocenters. The third-order valence-corrected chi connectivity index (χ3v) is 8.17. The van der Waals surface area contributed by atoms with Crippen LogP contribution in [-0.2, 0) is 26.7 Å². The minimum atomic E-state index is -4.13. The number of halogens is 1. The Morgan fingerprint density at radius 1 is 0.765 bits per heavy atom. The van der Waals surface area contributed by atoms with E-state index in [0.29, 0.717) is 12.1 Å². The Kier molecular flexibility index (Phi) is 8.09. The average molecular weight is 507 g/mol. The molecular formula is C24H27FN2O5S2. The van der Waals surface area contributed by atoms with Gasteiger partial charge in [0, 0.05) is 19.6 Å². The third-order valence-electron chi connectivity index (χ3n) is 5.05. The fourth-order valence-electron chi connectivity index (χ4n) is 3.09. The maximum atomic E-state index is 13.3. The van der Waals surface area contributed by atoms with Crippen LogP contribution >= 0.6 is 0 Å². The molecule has 0 bridgehead atoms. The van der Waals surface area contributed by atoms with Gasteiger partial charge in [0.1, 0.15) is 16.5 Å². The van der Waals surface area contributed by atoms with Crippen LogP contribution in [0.3, 0.4) is 0 Å². The molecule has 0 aliphatic rings. The molecule has 0 N–H and O–H groups in total. The largest absolute Gasteiger partial charge is 0.379 e. The molecular weight excluding hydrogens is 479 g/mol. The molecule has 0 saturated heterocycles. The second kappa shape index (κ2) is 10.6. The van der Waals surface area contributed by atoms with Crippen molar-refractivity contribution in [1.82, 2.24) is 9.21 Å². The summed E-state index contributed by atoms with van der Waals surface area (Å²) in [5.74, 6) is -0.489. The highest BCUT2D eigenvalue weighted by Crippen LogP contribution is 2.22. The molecule has 10 heteroatoms. The van der Waals surface area contributed by atoms with Gasteiger partial charge in [0.05, 0.1) is 4.90 Å². The molecule has 0 unspecified atom stereocenters. The average Bonchev–Trinajstić information content (AvgIpc) is 2.78. The summed E-state index contributed by atoms with van der Waals surface area (Å²) < 4.78 is 70.9. The fraction of sp³-hybridized carbons (Fsp3) is 0.250. The molecule has 7 nitrogen and oxygen atoms in total. The second-order valence-electron chi connectivity index (χ2n) is 8.09. The Bertz CT molecular complexity index is 1310. The van der Waals surface area contributed by atoms with E-state index in [-0.39, 0.29) is 28.6 Å². The normalized spacial score (nSPS) is 12.3. The van der Waals surface area contributed by atoms with Gasteiger partial charge in [-0.1, -0.05) is 29.8 Å². The predicted octanol–water partition coefficient (Wildman–Crippen LogP) is 3.65. The summed E-state index contributed by atoms with van der Waals surface area (Å²) in [5, 5.41) is 0. The van der Waals surface area contributed by atoms with Gasteiger partial charge in [-0.3, -0.25) is 0 Å². The van der Waals surface area contributed by atoms with E-state index in [1.54, 1.807) is 36.4 Å². The first-order valence-electron chi connectivity index (χ1n) is 10.5. The zero-order chi connectivity index (χ0) is 24.9. The van der Waals surface area contributed by atoms with Crippen LogP contribution in [0.5, 0.6) is 5.75 Å². The van der Waals surface area contributed by atoms with Gasteiger partial charge >= 0.3 is 10.1 Å². The molecule has 0 saturated carbocycles. The quantitative estimate of drug-likeness (QED) is 0.390. The highest BCUT2D eigenvalue weighted by atomic mass is 32.2. The minimum absolute atomic E-state index is 0.0642. The number of hydrogen-bond acceptors (Lipinski definition) is 6. The standard InChI is InChI=1S/C24H27FN2O5S2/c1-19-4-12-23(13-5-19)33(28,29)27(17-16-26(2)3)18-20-6-10-22(11-7-20)32-34(30,31)24-14-8-21(25)9-15-24/h4-15H,16-18H2,1-3H3. The summed E-state index contributed by atoms with van der Waals surface area (Å²) in [6.45, 7) is 2.80. The Labute approximate surface area is 200 Å². The summed E-state index contributed by atoms with van der Waals surface area (Å²) in [4.78, 5) is 1.94. The zero-order valence-corrected chi connectivity index (χ0v) is 20.8. The fourth-order valence-corrected chi connectivity index (χ4v) is 5.43. The minimum Gasteiger partial charge on any atom is -0.379 e. The lowest BCUT2D eigenvalue weighted by Gasteiger charge is -2.24. The first-order chi connectivity index (χ1) is 16.0. The Balaban J connectivity index is 1.79. The van der Waals surface area contributed by atoms with Gasteiger partial charge in [0.15, 0.2) is 0 Å². The number of aryl methyl sites for hydroxylation is 1. The first-order valence-corrected chi connectivity index (χ1v) is 13.3. The predicted molar refractivity (Wildman–Crippen MR) is 128 cm³/mol. The molecule has 0 radical (unpaired) electrons. The van der Waals surface area contributed by atoms with E-state index in [4.69, 9.17) is 4.18 Å². The number of hydrogen-bond donors (Lipinski definition) is 0. The lowest BCUT2D eigenvalue weighted by molar-refractivity contribution is 0.329. The van der Waals surface area contributed by atoms with E-state index in [1.807, 2.05) is 25.9 Å². The van der Waals surface area contributed by atoms with Crippen LogP contribution in [0.2, 0.25) is 0 Å². The number of nitrogens with zero attached hydrogens (tertiary/aromatic N) is 2. The van der Waals surface area contributed by atoms with E-state index in [1.165, 1.54) is 16.4 Å². The van der Waals surface area contributed by atoms with Crippen LogP contribution in [-0.4, -0.2) is 53.2 Å². The first kappa shape index (κ1) is 25.8. The monoisotopic (exact) mass is 506 g/mol. The van der Waals surface area contributed by atoms with E-state index in [9.17, 15) is 21.2 Å². The van der Waals surface area contributed by atoms with Gasteiger partial charge in [-0.05, 0) is 75.1 Å². The zero-order valence-electron chi connectivity index (χ0n) is 19.2. The number of benzene rings is 3. The topological polar surface area (TPSA) is 84.0 Å². The van der Waals surface area contributed by atoms with Crippen molar-refractivity contribution in [2.24, 2.45) is 0 Å². The van der Waals surface area contributed by atoms with Crippen LogP contribution < -0.4 is 4.18 Å². The van der Waals surface area contributed by atoms with Crippen molar-refractivity contribution in [3.05, 3.63) is 89.7 Å². The molecule has 0 spiro atoms. The molecule has 0 aliphatic carbocycles. The van der Waals surface area contributed by atoms with Crippen molar-refractivity contribution in [2.75, 3.05) is 27.2 Å². The van der Waals surface area contributed by atoms with Gasteiger partial charge in [-0.15, -0.1) is 0 Å². The molecule has 3 aromatic rings. The van der Waals surface area contributed by atoms with Gasteiger partial charge in [-0.25, -0.2) is 12.8 Å². The van der Waals surface area contributed by atoms with Crippen LogP contribution in [0.1, 0.15) is 11.1 Å². The smallest absolute Gasteiger partial charge is 0.339 e. The van der Waals surface area contributed by atoms with Crippen LogP contribution in [0, 0.1) is 12.7 Å². The van der Waals surface area contributed by atoms with Crippen LogP contribution in [0.15, 0.2) is 82.6 Å². The van der Waals surface area contributed by atoms with Gasteiger partial charge < -0.3 is 9.08 Å². The Hall–Kier alpha value is -2.79. The molecule has 0 fully saturated rings. The second-order valence-corrected chi connectivity index (χ2v) is 11.6. The van der Waals surface area contributed by atoms with Gasteiger partial charge in [0.2, 0.25) is 10.0 Å². The van der Waals surface area contributed by atoms with Crippen molar-refractivity contribution < 1.29 is 25.4 Å². The highest BCUT2D eigenvalue weighted by Gasteiger charge is 2.25. The van der Waals surface area contributed by atoms with Crippen molar-refractivity contribution in [2.45, 2.75) is 23.3 Å². The van der Waals surface area contributed by atoms with Crippen LogP contribution in [0.25, 0.3) is 0 Å². The summed E-state index contributed by atoms with van der Waals surface area (Å²) >= 11 is 0. The molecule has 0 heterocycles. The summed E-state index contributed by atoms with van der Waals surface area (Å²) in [6.07, 6.45) is 0. The number of rotatable bonds is 10. The summed E-state index contributed by atoms with van der Waals surface area (Å²) in [6, 6.07) is 17.1. The Morgan fingerprint density at radius 3 is 1.88 bits per heavy atom. The van der Waals surface area contributed by atoms with E-state index in [2.05, 4.69) is 0 Å². The maximum Gasteiger partial charge on any atom is 0.339 e.